The molecule has 1 aliphatic rings. The van der Waals surface area contributed by atoms with E-state index in [-0.39, 0.29) is 0 Å². The lowest BCUT2D eigenvalue weighted by Crippen LogP contribution is -2.26. The van der Waals surface area contributed by atoms with Crippen LogP contribution in [0.4, 0.5) is 0 Å². The molecular formula is C15H24N2O2S. The van der Waals surface area contributed by atoms with Gasteiger partial charge in [-0.2, -0.15) is 0 Å². The monoisotopic (exact) mass is 296 g/mol. The number of sulfonamides is 1. The molecule has 2 atom stereocenters. The van der Waals surface area contributed by atoms with Crippen molar-refractivity contribution in [1.29, 1.82) is 0 Å². The van der Waals surface area contributed by atoms with Gasteiger partial charge in [0.25, 0.3) is 0 Å². The molecular weight excluding hydrogens is 272 g/mol. The summed E-state index contributed by atoms with van der Waals surface area (Å²) in [6.07, 6.45) is 1.13. The van der Waals surface area contributed by atoms with Gasteiger partial charge in [-0.15, -0.1) is 0 Å². The highest BCUT2D eigenvalue weighted by molar-refractivity contribution is 7.89. The van der Waals surface area contributed by atoms with Crippen molar-refractivity contribution in [3.8, 4) is 0 Å². The van der Waals surface area contributed by atoms with Crippen molar-refractivity contribution in [3.63, 3.8) is 0 Å². The van der Waals surface area contributed by atoms with E-state index in [1.165, 1.54) is 0 Å². The minimum Gasteiger partial charge on any atom is -0.310 e. The van der Waals surface area contributed by atoms with Gasteiger partial charge < -0.3 is 5.32 Å². The van der Waals surface area contributed by atoms with E-state index in [9.17, 15) is 8.42 Å². The Labute approximate surface area is 122 Å². The van der Waals surface area contributed by atoms with Crippen LogP contribution in [0.15, 0.2) is 29.2 Å². The van der Waals surface area contributed by atoms with E-state index in [2.05, 4.69) is 30.8 Å². The maximum absolute atomic E-state index is 12.2. The summed E-state index contributed by atoms with van der Waals surface area (Å²) in [7, 11) is -3.38. The first kappa shape index (κ1) is 15.5. The van der Waals surface area contributed by atoms with E-state index in [4.69, 9.17) is 0 Å². The van der Waals surface area contributed by atoms with Crippen molar-refractivity contribution >= 4 is 10.0 Å². The van der Waals surface area contributed by atoms with E-state index >= 15 is 0 Å². The second kappa shape index (κ2) is 6.24. The molecule has 2 unspecified atom stereocenters. The van der Waals surface area contributed by atoms with Gasteiger partial charge in [-0.3, -0.25) is 0 Å². The summed E-state index contributed by atoms with van der Waals surface area (Å²) in [5.74, 6) is 1.16. The average Bonchev–Trinajstić information content (AvgIpc) is 3.11. The van der Waals surface area contributed by atoms with Gasteiger partial charge in [0.1, 0.15) is 0 Å². The normalized spacial score (nSPS) is 22.2. The van der Waals surface area contributed by atoms with Crippen LogP contribution in [-0.4, -0.2) is 21.0 Å². The average molecular weight is 296 g/mol. The largest absolute Gasteiger partial charge is 0.310 e. The molecule has 1 fully saturated rings. The summed E-state index contributed by atoms with van der Waals surface area (Å²) in [6.45, 7) is 7.52. The summed E-state index contributed by atoms with van der Waals surface area (Å²) in [6, 6.07) is 7.51. The summed E-state index contributed by atoms with van der Waals surface area (Å²) in [5, 5.41) is 3.29. The maximum atomic E-state index is 12.2. The number of hydrogen-bond acceptors (Lipinski definition) is 3. The Morgan fingerprint density at radius 1 is 1.35 bits per heavy atom. The first-order valence-corrected chi connectivity index (χ1v) is 8.69. The van der Waals surface area contributed by atoms with Crippen LogP contribution in [0.25, 0.3) is 0 Å². The number of nitrogens with one attached hydrogen (secondary N) is 2. The zero-order valence-corrected chi connectivity index (χ0v) is 13.2. The number of rotatable bonds is 7. The Balaban J connectivity index is 2.00. The third kappa shape index (κ3) is 4.30. The molecule has 4 nitrogen and oxygen atoms in total. The van der Waals surface area contributed by atoms with Gasteiger partial charge in [-0.1, -0.05) is 32.9 Å². The van der Waals surface area contributed by atoms with E-state index < -0.39 is 10.0 Å². The predicted octanol–water partition coefficient (Wildman–Crippen LogP) is 2.12. The van der Waals surface area contributed by atoms with Crippen molar-refractivity contribution < 1.29 is 8.42 Å². The lowest BCUT2D eigenvalue weighted by molar-refractivity contribution is 0.573. The van der Waals surface area contributed by atoms with Crippen LogP contribution >= 0.6 is 0 Å². The highest BCUT2D eigenvalue weighted by Gasteiger charge is 2.33. The Morgan fingerprint density at radius 2 is 2.05 bits per heavy atom. The van der Waals surface area contributed by atoms with Crippen LogP contribution in [0.3, 0.4) is 0 Å². The standard InChI is InChI=1S/C15H24N2O2S/c1-11(2)16-9-13-5-4-6-15(8-13)20(18,19)17-10-14-7-12(14)3/h4-6,8,11-12,14,16-17H,7,9-10H2,1-3H3. The van der Waals surface area contributed by atoms with Gasteiger partial charge in [0.15, 0.2) is 0 Å². The SMILES string of the molecule is CC(C)NCc1cccc(S(=O)(=O)NCC2CC2C)c1. The zero-order chi connectivity index (χ0) is 14.8. The van der Waals surface area contributed by atoms with Crippen molar-refractivity contribution in [2.45, 2.75) is 44.7 Å². The Kier molecular flexibility index (Phi) is 4.83. The first-order chi connectivity index (χ1) is 9.38. The van der Waals surface area contributed by atoms with E-state index in [0.717, 1.165) is 12.0 Å². The molecule has 20 heavy (non-hydrogen) atoms. The summed E-state index contributed by atoms with van der Waals surface area (Å²) in [4.78, 5) is 0.355. The second-order valence-corrected chi connectivity index (χ2v) is 7.77. The van der Waals surface area contributed by atoms with Crippen LogP contribution in [0, 0.1) is 11.8 Å². The quantitative estimate of drug-likeness (QED) is 0.810. The second-order valence-electron chi connectivity index (χ2n) is 6.01. The molecule has 0 aromatic heterocycles. The van der Waals surface area contributed by atoms with Crippen molar-refractivity contribution in [3.05, 3.63) is 29.8 Å². The highest BCUT2D eigenvalue weighted by atomic mass is 32.2. The molecule has 0 radical (unpaired) electrons. The Morgan fingerprint density at radius 3 is 2.65 bits per heavy atom. The minimum absolute atomic E-state index is 0.355. The Hall–Kier alpha value is -0.910. The summed E-state index contributed by atoms with van der Waals surface area (Å²) < 4.78 is 27.2. The molecule has 0 bridgehead atoms. The molecule has 1 aromatic rings. The van der Waals surface area contributed by atoms with Gasteiger partial charge in [-0.05, 0) is 36.0 Å². The highest BCUT2D eigenvalue weighted by Crippen LogP contribution is 2.37. The molecule has 112 valence electrons. The first-order valence-electron chi connectivity index (χ1n) is 7.20. The molecule has 5 heteroatoms. The van der Waals surface area contributed by atoms with Gasteiger partial charge >= 0.3 is 0 Å². The summed E-state index contributed by atoms with van der Waals surface area (Å²) in [5.41, 5.74) is 0.987. The minimum atomic E-state index is -3.38. The molecule has 1 aliphatic carbocycles. The van der Waals surface area contributed by atoms with Crippen molar-refractivity contribution in [2.75, 3.05) is 6.54 Å². The smallest absolute Gasteiger partial charge is 0.240 e. The molecule has 0 heterocycles. The van der Waals surface area contributed by atoms with Crippen LogP contribution in [0.5, 0.6) is 0 Å². The van der Waals surface area contributed by atoms with Gasteiger partial charge in [0.05, 0.1) is 4.90 Å². The van der Waals surface area contributed by atoms with E-state index in [1.54, 1.807) is 18.2 Å². The molecule has 0 spiro atoms. The zero-order valence-electron chi connectivity index (χ0n) is 12.4. The fraction of sp³-hybridized carbons (Fsp3) is 0.600. The molecule has 2 rings (SSSR count). The van der Waals surface area contributed by atoms with E-state index in [1.807, 2.05) is 6.07 Å². The third-order valence-corrected chi connectivity index (χ3v) is 5.16. The lowest BCUT2D eigenvalue weighted by Gasteiger charge is -2.10. The van der Waals surface area contributed by atoms with Crippen LogP contribution in [0.2, 0.25) is 0 Å². The molecule has 1 aromatic carbocycles. The molecule has 0 aliphatic heterocycles. The van der Waals surface area contributed by atoms with Crippen molar-refractivity contribution in [2.24, 2.45) is 11.8 Å². The fourth-order valence-corrected chi connectivity index (χ4v) is 3.29. The molecule has 1 saturated carbocycles. The lowest BCUT2D eigenvalue weighted by atomic mass is 10.2. The van der Waals surface area contributed by atoms with Gasteiger partial charge in [-0.25, -0.2) is 13.1 Å². The van der Waals surface area contributed by atoms with Gasteiger partial charge in [0.2, 0.25) is 10.0 Å². The number of benzene rings is 1. The third-order valence-electron chi connectivity index (χ3n) is 3.73. The van der Waals surface area contributed by atoms with Crippen LogP contribution < -0.4 is 10.0 Å². The molecule has 2 N–H and O–H groups in total. The van der Waals surface area contributed by atoms with Crippen molar-refractivity contribution in [1.82, 2.24) is 10.0 Å². The maximum Gasteiger partial charge on any atom is 0.240 e. The van der Waals surface area contributed by atoms with Crippen LogP contribution in [-0.2, 0) is 16.6 Å². The molecule has 0 saturated heterocycles. The van der Waals surface area contributed by atoms with Gasteiger partial charge in [0, 0.05) is 19.1 Å². The molecule has 0 amide bonds. The number of hydrogen-bond donors (Lipinski definition) is 2. The van der Waals surface area contributed by atoms with Crippen LogP contribution in [0.1, 0.15) is 32.8 Å². The topological polar surface area (TPSA) is 58.2 Å². The van der Waals surface area contributed by atoms with E-state index in [0.29, 0.717) is 35.9 Å². The summed E-state index contributed by atoms with van der Waals surface area (Å²) >= 11 is 0. The Bertz CT molecular complexity index is 555. The fourth-order valence-electron chi connectivity index (χ4n) is 2.13. The predicted molar refractivity (Wildman–Crippen MR) is 80.9 cm³/mol.